The van der Waals surface area contributed by atoms with Crippen molar-refractivity contribution in [3.05, 3.63) is 36.0 Å². The monoisotopic (exact) mass is 243 g/mol. The van der Waals surface area contributed by atoms with Crippen LogP contribution in [-0.4, -0.2) is 15.6 Å². The molecule has 1 unspecified atom stereocenters. The van der Waals surface area contributed by atoms with Gasteiger partial charge in [-0.1, -0.05) is 32.0 Å². The van der Waals surface area contributed by atoms with Gasteiger partial charge in [0.25, 0.3) is 0 Å². The van der Waals surface area contributed by atoms with E-state index in [0.29, 0.717) is 6.42 Å². The zero-order valence-corrected chi connectivity index (χ0v) is 10.9. The lowest BCUT2D eigenvalue weighted by Gasteiger charge is -2.17. The molecule has 1 saturated carbocycles. The molecule has 1 aliphatic rings. The van der Waals surface area contributed by atoms with Gasteiger partial charge in [0, 0.05) is 18.3 Å². The lowest BCUT2D eigenvalue weighted by atomic mass is 9.92. The summed E-state index contributed by atoms with van der Waals surface area (Å²) in [6.45, 7) is 4.05. The van der Waals surface area contributed by atoms with Gasteiger partial charge in [-0.2, -0.15) is 0 Å². The van der Waals surface area contributed by atoms with Crippen LogP contribution in [0.2, 0.25) is 0 Å². The second-order valence-corrected chi connectivity index (χ2v) is 5.92. The Morgan fingerprint density at radius 3 is 2.44 bits per heavy atom. The second-order valence-electron chi connectivity index (χ2n) is 5.92. The Bertz CT molecular complexity index is 654. The molecular formula is C15H17NO2. The number of para-hydroxylation sites is 1. The van der Waals surface area contributed by atoms with E-state index in [1.54, 1.807) is 0 Å². The van der Waals surface area contributed by atoms with Crippen LogP contribution in [0.15, 0.2) is 30.3 Å². The minimum Gasteiger partial charge on any atom is -0.481 e. The molecule has 1 aliphatic carbocycles. The fourth-order valence-corrected chi connectivity index (χ4v) is 3.23. The molecule has 3 nitrogen and oxygen atoms in total. The molecule has 0 spiro atoms. The number of nitrogens with zero attached hydrogens (tertiary/aromatic N) is 1. The van der Waals surface area contributed by atoms with Gasteiger partial charge in [0.05, 0.1) is 0 Å². The van der Waals surface area contributed by atoms with Crippen molar-refractivity contribution in [2.45, 2.75) is 25.7 Å². The highest BCUT2D eigenvalue weighted by atomic mass is 16.4. The van der Waals surface area contributed by atoms with Crippen molar-refractivity contribution in [1.82, 2.24) is 4.57 Å². The van der Waals surface area contributed by atoms with Crippen LogP contribution in [0.4, 0.5) is 0 Å². The Kier molecular flexibility index (Phi) is 1.99. The molecule has 0 radical (unpaired) electrons. The van der Waals surface area contributed by atoms with E-state index in [4.69, 9.17) is 0 Å². The van der Waals surface area contributed by atoms with Crippen LogP contribution in [0.25, 0.3) is 10.9 Å². The minimum absolute atomic E-state index is 0.166. The number of hydrogen-bond donors (Lipinski definition) is 1. The van der Waals surface area contributed by atoms with E-state index < -0.39 is 11.4 Å². The molecule has 1 aromatic carbocycles. The lowest BCUT2D eigenvalue weighted by Crippen LogP contribution is -2.27. The number of fused-ring (bicyclic) bond motifs is 1. The van der Waals surface area contributed by atoms with E-state index in [2.05, 4.69) is 0 Å². The molecule has 18 heavy (non-hydrogen) atoms. The predicted molar refractivity (Wildman–Crippen MR) is 70.6 cm³/mol. The molecule has 0 aliphatic heterocycles. The first-order valence-electron chi connectivity index (χ1n) is 6.18. The number of rotatable bonds is 2. The highest BCUT2D eigenvalue weighted by Gasteiger charge is 2.69. The van der Waals surface area contributed by atoms with Gasteiger partial charge in [-0.05, 0) is 29.4 Å². The molecule has 3 rings (SSSR count). The molecule has 0 saturated heterocycles. The largest absolute Gasteiger partial charge is 0.481 e. The molecule has 1 N–H and O–H groups in total. The second kappa shape index (κ2) is 3.16. The fourth-order valence-electron chi connectivity index (χ4n) is 3.23. The number of aryl methyl sites for hydroxylation is 1. The number of hydrogen-bond acceptors (Lipinski definition) is 1. The summed E-state index contributed by atoms with van der Waals surface area (Å²) >= 11 is 0. The summed E-state index contributed by atoms with van der Waals surface area (Å²) in [5, 5.41) is 10.7. The fraction of sp³-hybridized carbons (Fsp3) is 0.400. The van der Waals surface area contributed by atoms with Gasteiger partial charge in [0.2, 0.25) is 0 Å². The molecule has 2 aromatic rings. The third-order valence-corrected chi connectivity index (χ3v) is 4.49. The van der Waals surface area contributed by atoms with Crippen LogP contribution in [0.1, 0.15) is 26.0 Å². The molecule has 1 fully saturated rings. The highest BCUT2D eigenvalue weighted by molar-refractivity contribution is 5.90. The Morgan fingerprint density at radius 1 is 1.33 bits per heavy atom. The van der Waals surface area contributed by atoms with Crippen molar-refractivity contribution in [3.8, 4) is 0 Å². The molecule has 1 aromatic heterocycles. The molecular weight excluding hydrogens is 226 g/mol. The smallest absolute Gasteiger partial charge is 0.316 e. The van der Waals surface area contributed by atoms with Crippen LogP contribution >= 0.6 is 0 Å². The third kappa shape index (κ3) is 1.17. The Labute approximate surface area is 106 Å². The van der Waals surface area contributed by atoms with E-state index in [9.17, 15) is 9.90 Å². The topological polar surface area (TPSA) is 42.2 Å². The molecule has 3 heteroatoms. The average molecular weight is 243 g/mol. The van der Waals surface area contributed by atoms with E-state index in [0.717, 1.165) is 16.6 Å². The van der Waals surface area contributed by atoms with Crippen LogP contribution in [-0.2, 0) is 17.3 Å². The third-order valence-electron chi connectivity index (χ3n) is 4.49. The maximum atomic E-state index is 11.7. The van der Waals surface area contributed by atoms with Gasteiger partial charge in [-0.25, -0.2) is 0 Å². The van der Waals surface area contributed by atoms with Crippen molar-refractivity contribution < 1.29 is 9.90 Å². The lowest BCUT2D eigenvalue weighted by molar-refractivity contribution is -0.141. The molecule has 1 atom stereocenters. The summed E-state index contributed by atoms with van der Waals surface area (Å²) in [5.41, 5.74) is 1.12. The van der Waals surface area contributed by atoms with Gasteiger partial charge in [0.1, 0.15) is 5.41 Å². The maximum absolute atomic E-state index is 11.7. The zero-order valence-electron chi connectivity index (χ0n) is 10.9. The number of carboxylic acids is 1. The SMILES string of the molecule is Cn1c(C2(C(=O)O)CC2(C)C)cc2ccccc21. The highest BCUT2D eigenvalue weighted by Crippen LogP contribution is 2.64. The molecule has 0 bridgehead atoms. The van der Waals surface area contributed by atoms with Crippen molar-refractivity contribution in [1.29, 1.82) is 0 Å². The van der Waals surface area contributed by atoms with Gasteiger partial charge in [-0.15, -0.1) is 0 Å². The first-order valence-corrected chi connectivity index (χ1v) is 6.18. The zero-order chi connectivity index (χ0) is 13.1. The van der Waals surface area contributed by atoms with Crippen LogP contribution in [0.3, 0.4) is 0 Å². The van der Waals surface area contributed by atoms with Gasteiger partial charge in [-0.3, -0.25) is 4.79 Å². The van der Waals surface area contributed by atoms with Crippen molar-refractivity contribution in [2.24, 2.45) is 12.5 Å². The average Bonchev–Trinajstić information content (AvgIpc) is 2.74. The Balaban J connectivity index is 2.27. The first kappa shape index (κ1) is 11.3. The standard InChI is InChI=1S/C15H17NO2/c1-14(2)9-15(14,13(17)18)12-8-10-6-4-5-7-11(10)16(12)3/h4-8H,9H2,1-3H3,(H,17,18). The van der Waals surface area contributed by atoms with Gasteiger partial charge >= 0.3 is 5.97 Å². The van der Waals surface area contributed by atoms with Crippen molar-refractivity contribution in [3.63, 3.8) is 0 Å². The van der Waals surface area contributed by atoms with Crippen molar-refractivity contribution >= 4 is 16.9 Å². The van der Waals surface area contributed by atoms with E-state index >= 15 is 0 Å². The number of benzene rings is 1. The van der Waals surface area contributed by atoms with E-state index in [1.165, 1.54) is 0 Å². The Morgan fingerprint density at radius 2 is 1.94 bits per heavy atom. The van der Waals surface area contributed by atoms with Gasteiger partial charge in [0.15, 0.2) is 0 Å². The molecule has 0 amide bonds. The maximum Gasteiger partial charge on any atom is 0.316 e. The predicted octanol–water partition coefficient (Wildman–Crippen LogP) is 2.93. The molecule has 94 valence electrons. The van der Waals surface area contributed by atoms with E-state index in [-0.39, 0.29) is 5.41 Å². The summed E-state index contributed by atoms with van der Waals surface area (Å²) in [5.74, 6) is -0.710. The normalized spacial score (nSPS) is 25.3. The van der Waals surface area contributed by atoms with Crippen LogP contribution in [0, 0.1) is 5.41 Å². The number of carbonyl (C=O) groups is 1. The summed E-state index contributed by atoms with van der Waals surface area (Å²) in [7, 11) is 1.96. The van der Waals surface area contributed by atoms with Crippen LogP contribution in [0.5, 0.6) is 0 Å². The minimum atomic E-state index is -0.721. The summed E-state index contributed by atoms with van der Waals surface area (Å²) < 4.78 is 2.03. The number of aromatic nitrogens is 1. The van der Waals surface area contributed by atoms with Gasteiger partial charge < -0.3 is 9.67 Å². The summed E-state index contributed by atoms with van der Waals surface area (Å²) in [6.07, 6.45) is 0.708. The van der Waals surface area contributed by atoms with Crippen LogP contribution < -0.4 is 0 Å². The first-order chi connectivity index (χ1) is 8.40. The van der Waals surface area contributed by atoms with E-state index in [1.807, 2.05) is 55.8 Å². The number of carboxylic acid groups (broad SMARTS) is 1. The number of aliphatic carboxylic acids is 1. The Hall–Kier alpha value is -1.77. The quantitative estimate of drug-likeness (QED) is 0.881. The molecule has 1 heterocycles. The summed E-state index contributed by atoms with van der Waals surface area (Å²) in [4.78, 5) is 11.7. The summed E-state index contributed by atoms with van der Waals surface area (Å²) in [6, 6.07) is 10.1. The van der Waals surface area contributed by atoms with Crippen molar-refractivity contribution in [2.75, 3.05) is 0 Å².